The molecule has 0 amide bonds. The maximum Gasteiger partial charge on any atom is 0.132 e. The highest BCUT2D eigenvalue weighted by molar-refractivity contribution is 6.18. The van der Waals surface area contributed by atoms with Gasteiger partial charge in [0.2, 0.25) is 0 Å². The second-order valence-corrected chi connectivity index (χ2v) is 4.86. The van der Waals surface area contributed by atoms with Gasteiger partial charge in [-0.25, -0.2) is 9.97 Å². The third-order valence-electron chi connectivity index (χ3n) is 2.73. The monoisotopic (exact) mass is 255 g/mol. The number of hydrogen-bond donors (Lipinski definition) is 0. The molecule has 0 unspecified atom stereocenters. The lowest BCUT2D eigenvalue weighted by atomic mass is 10.1. The van der Waals surface area contributed by atoms with Gasteiger partial charge in [0.05, 0.1) is 0 Å². The molecule has 0 aliphatic rings. The Morgan fingerprint density at radius 1 is 1.29 bits per heavy atom. The second-order valence-electron chi connectivity index (χ2n) is 4.49. The van der Waals surface area contributed by atoms with Crippen molar-refractivity contribution in [1.29, 1.82) is 0 Å². The van der Waals surface area contributed by atoms with Gasteiger partial charge in [0.15, 0.2) is 0 Å². The summed E-state index contributed by atoms with van der Waals surface area (Å²) in [5.74, 6) is 2.06. The van der Waals surface area contributed by atoms with Crippen LogP contribution in [0.15, 0.2) is 12.4 Å². The smallest absolute Gasteiger partial charge is 0.132 e. The Morgan fingerprint density at radius 3 is 2.65 bits per heavy atom. The van der Waals surface area contributed by atoms with Crippen LogP contribution in [0.25, 0.3) is 0 Å². The molecule has 0 fully saturated rings. The first-order chi connectivity index (χ1) is 8.19. The second kappa shape index (κ2) is 7.49. The number of hydrogen-bond acceptors (Lipinski definition) is 3. The van der Waals surface area contributed by atoms with Crippen LogP contribution in [-0.2, 0) is 0 Å². The molecule has 1 rings (SSSR count). The maximum absolute atomic E-state index is 5.84. The third-order valence-corrected chi connectivity index (χ3v) is 2.89. The molecule has 0 radical (unpaired) electrons. The van der Waals surface area contributed by atoms with Crippen LogP contribution >= 0.6 is 11.6 Å². The van der Waals surface area contributed by atoms with E-state index in [0.717, 1.165) is 31.0 Å². The van der Waals surface area contributed by atoms with Gasteiger partial charge in [-0.3, -0.25) is 0 Å². The summed E-state index contributed by atoms with van der Waals surface area (Å²) in [5.41, 5.74) is 1.09. The summed E-state index contributed by atoms with van der Waals surface area (Å²) < 4.78 is 0. The molecule has 0 aliphatic heterocycles. The average molecular weight is 256 g/mol. The molecule has 0 atom stereocenters. The number of halogens is 1. The first kappa shape index (κ1) is 14.2. The van der Waals surface area contributed by atoms with Gasteiger partial charge in [-0.05, 0) is 12.3 Å². The van der Waals surface area contributed by atoms with Crippen LogP contribution in [0.1, 0.15) is 45.2 Å². The molecule has 1 aromatic heterocycles. The van der Waals surface area contributed by atoms with Gasteiger partial charge in [-0.2, -0.15) is 0 Å². The Hall–Kier alpha value is -0.830. The van der Waals surface area contributed by atoms with Crippen molar-refractivity contribution in [3.63, 3.8) is 0 Å². The van der Waals surface area contributed by atoms with E-state index in [1.165, 1.54) is 6.42 Å². The Kier molecular flexibility index (Phi) is 6.27. The Bertz CT molecular complexity index is 328. The van der Waals surface area contributed by atoms with Crippen LogP contribution in [0.2, 0.25) is 0 Å². The van der Waals surface area contributed by atoms with Crippen molar-refractivity contribution in [3.8, 4) is 0 Å². The van der Waals surface area contributed by atoms with E-state index >= 15 is 0 Å². The zero-order valence-corrected chi connectivity index (χ0v) is 11.7. The predicted molar refractivity (Wildman–Crippen MR) is 74.0 cm³/mol. The van der Waals surface area contributed by atoms with Gasteiger partial charge < -0.3 is 4.90 Å². The fourth-order valence-electron chi connectivity index (χ4n) is 1.64. The first-order valence-electron chi connectivity index (χ1n) is 6.31. The molecule has 0 N–H and O–H groups in total. The number of unbranched alkanes of at least 4 members (excludes halogenated alkanes) is 1. The van der Waals surface area contributed by atoms with Crippen molar-refractivity contribution in [2.45, 2.75) is 39.5 Å². The molecule has 17 heavy (non-hydrogen) atoms. The molecule has 0 aliphatic carbocycles. The minimum absolute atomic E-state index is 0.431. The van der Waals surface area contributed by atoms with Crippen molar-refractivity contribution in [1.82, 2.24) is 9.97 Å². The van der Waals surface area contributed by atoms with Crippen LogP contribution in [0.3, 0.4) is 0 Å². The number of alkyl halides is 1. The summed E-state index contributed by atoms with van der Waals surface area (Å²) in [6.45, 7) is 8.33. The van der Waals surface area contributed by atoms with E-state index in [1.54, 1.807) is 6.33 Å². The summed E-state index contributed by atoms with van der Waals surface area (Å²) in [4.78, 5) is 10.9. The number of rotatable bonds is 7. The molecular weight excluding hydrogens is 234 g/mol. The van der Waals surface area contributed by atoms with Gasteiger partial charge in [0.1, 0.15) is 12.1 Å². The summed E-state index contributed by atoms with van der Waals surface area (Å²) >= 11 is 5.84. The number of anilines is 1. The van der Waals surface area contributed by atoms with Crippen LogP contribution in [0.4, 0.5) is 5.82 Å². The highest BCUT2D eigenvalue weighted by atomic mass is 35.5. The summed E-state index contributed by atoms with van der Waals surface area (Å²) in [7, 11) is 0. The molecule has 3 nitrogen and oxygen atoms in total. The Balaban J connectivity index is 2.81. The zero-order chi connectivity index (χ0) is 12.7. The van der Waals surface area contributed by atoms with Crippen molar-refractivity contribution in [2.75, 3.05) is 23.9 Å². The molecule has 1 heterocycles. The minimum Gasteiger partial charge on any atom is -0.355 e. The van der Waals surface area contributed by atoms with E-state index in [-0.39, 0.29) is 0 Å². The van der Waals surface area contributed by atoms with E-state index in [2.05, 4.69) is 41.7 Å². The summed E-state index contributed by atoms with van der Waals surface area (Å²) in [5, 5.41) is 0. The van der Waals surface area contributed by atoms with E-state index < -0.39 is 0 Å². The van der Waals surface area contributed by atoms with Crippen molar-refractivity contribution in [3.05, 3.63) is 18.1 Å². The molecule has 1 aromatic rings. The number of aromatic nitrogens is 2. The normalized spacial score (nSPS) is 10.9. The molecular formula is C13H22ClN3. The minimum atomic E-state index is 0.431. The Labute approximate surface area is 109 Å². The predicted octanol–water partition coefficient (Wildman–Crippen LogP) is 3.45. The topological polar surface area (TPSA) is 29.0 Å². The molecule has 0 bridgehead atoms. The lowest BCUT2D eigenvalue weighted by molar-refractivity contribution is 0.719. The molecule has 0 aromatic carbocycles. The van der Waals surface area contributed by atoms with Crippen molar-refractivity contribution in [2.24, 2.45) is 0 Å². The summed E-state index contributed by atoms with van der Waals surface area (Å²) in [6.07, 6.45) is 4.00. The van der Waals surface area contributed by atoms with E-state index in [1.807, 2.05) is 0 Å². The van der Waals surface area contributed by atoms with Crippen molar-refractivity contribution >= 4 is 17.4 Å². The average Bonchev–Trinajstić information content (AvgIpc) is 2.34. The lowest BCUT2D eigenvalue weighted by Crippen LogP contribution is -2.27. The standard InChI is InChI=1S/C13H22ClN3/c1-4-5-7-17(8-6-14)13-9-12(11(2)3)15-10-16-13/h9-11H,4-8H2,1-3H3. The van der Waals surface area contributed by atoms with Crippen LogP contribution in [0.5, 0.6) is 0 Å². The molecule has 96 valence electrons. The first-order valence-corrected chi connectivity index (χ1v) is 6.85. The zero-order valence-electron chi connectivity index (χ0n) is 11.0. The fourth-order valence-corrected chi connectivity index (χ4v) is 1.85. The van der Waals surface area contributed by atoms with Gasteiger partial charge >= 0.3 is 0 Å². The van der Waals surface area contributed by atoms with Gasteiger partial charge in [0, 0.05) is 30.7 Å². The van der Waals surface area contributed by atoms with Crippen LogP contribution in [0, 0.1) is 0 Å². The van der Waals surface area contributed by atoms with Gasteiger partial charge in [0.25, 0.3) is 0 Å². The fraction of sp³-hybridized carbons (Fsp3) is 0.692. The molecule has 4 heteroatoms. The van der Waals surface area contributed by atoms with Gasteiger partial charge in [-0.15, -0.1) is 11.6 Å². The molecule has 0 spiro atoms. The highest BCUT2D eigenvalue weighted by Gasteiger charge is 2.09. The maximum atomic E-state index is 5.84. The SMILES string of the molecule is CCCCN(CCCl)c1cc(C(C)C)ncn1. The van der Waals surface area contributed by atoms with Gasteiger partial charge in [-0.1, -0.05) is 27.2 Å². The van der Waals surface area contributed by atoms with E-state index in [9.17, 15) is 0 Å². The quantitative estimate of drug-likeness (QED) is 0.699. The lowest BCUT2D eigenvalue weighted by Gasteiger charge is -2.23. The summed E-state index contributed by atoms with van der Waals surface area (Å²) in [6, 6.07) is 2.08. The van der Waals surface area contributed by atoms with Crippen LogP contribution in [-0.4, -0.2) is 28.9 Å². The highest BCUT2D eigenvalue weighted by Crippen LogP contribution is 2.17. The van der Waals surface area contributed by atoms with Crippen molar-refractivity contribution < 1.29 is 0 Å². The number of nitrogens with zero attached hydrogens (tertiary/aromatic N) is 3. The third kappa shape index (κ3) is 4.50. The largest absolute Gasteiger partial charge is 0.355 e. The molecule has 0 saturated carbocycles. The van der Waals surface area contributed by atoms with E-state index in [0.29, 0.717) is 11.8 Å². The molecule has 0 saturated heterocycles. The van der Waals surface area contributed by atoms with Crippen LogP contribution < -0.4 is 4.90 Å². The Morgan fingerprint density at radius 2 is 2.06 bits per heavy atom. The van der Waals surface area contributed by atoms with E-state index in [4.69, 9.17) is 11.6 Å².